The summed E-state index contributed by atoms with van der Waals surface area (Å²) in [6.07, 6.45) is 1.26. The van der Waals surface area contributed by atoms with Crippen molar-refractivity contribution < 1.29 is 14.1 Å². The summed E-state index contributed by atoms with van der Waals surface area (Å²) in [5, 5.41) is 25.1. The molecule has 0 aliphatic heterocycles. The third-order valence-corrected chi connectivity index (χ3v) is 3.23. The number of anilines is 1. The van der Waals surface area contributed by atoms with Crippen molar-refractivity contribution in [3.8, 4) is 11.3 Å². The fourth-order valence-electron chi connectivity index (χ4n) is 2.07. The van der Waals surface area contributed by atoms with Crippen LogP contribution >= 0.6 is 0 Å². The monoisotopic (exact) mass is 356 g/mol. The summed E-state index contributed by atoms with van der Waals surface area (Å²) < 4.78 is 6.61. The number of hydrogen-bond donors (Lipinski definition) is 2. The molecule has 3 aromatic rings. The summed E-state index contributed by atoms with van der Waals surface area (Å²) in [5.41, 5.74) is 7.98. The molecule has 0 fully saturated rings. The van der Waals surface area contributed by atoms with Crippen LogP contribution in [0.1, 0.15) is 5.76 Å². The van der Waals surface area contributed by atoms with Gasteiger partial charge in [-0.15, -0.1) is 0 Å². The predicted molar refractivity (Wildman–Crippen MR) is 88.8 cm³/mol. The van der Waals surface area contributed by atoms with Crippen LogP contribution in [0.4, 0.5) is 11.6 Å². The lowest BCUT2D eigenvalue weighted by molar-refractivity contribution is -0.384. The minimum Gasteiger partial charge on any atom is -0.455 e. The van der Waals surface area contributed by atoms with Gasteiger partial charge in [-0.25, -0.2) is 10.1 Å². The number of furan rings is 1. The zero-order valence-electron chi connectivity index (χ0n) is 13.1. The lowest BCUT2D eigenvalue weighted by atomic mass is 10.1. The SMILES string of the molecule is Nc1nnnn1CC(=O)N/N=C/c1ccc(-c2ccccc2[N+](=O)[O-])o1. The van der Waals surface area contributed by atoms with Gasteiger partial charge >= 0.3 is 0 Å². The Labute approximate surface area is 145 Å². The van der Waals surface area contributed by atoms with Gasteiger partial charge in [0.1, 0.15) is 18.1 Å². The van der Waals surface area contributed by atoms with E-state index in [0.717, 1.165) is 4.68 Å². The van der Waals surface area contributed by atoms with Gasteiger partial charge in [0.25, 0.3) is 11.6 Å². The Kier molecular flexibility index (Phi) is 4.65. The Morgan fingerprint density at radius 2 is 2.19 bits per heavy atom. The Hall–Kier alpha value is -4.09. The second-order valence-corrected chi connectivity index (χ2v) is 4.96. The summed E-state index contributed by atoms with van der Waals surface area (Å²) >= 11 is 0. The van der Waals surface area contributed by atoms with Crippen molar-refractivity contribution in [1.82, 2.24) is 25.6 Å². The molecule has 0 atom stereocenters. The first-order chi connectivity index (χ1) is 12.5. The van der Waals surface area contributed by atoms with E-state index in [9.17, 15) is 14.9 Å². The number of tetrazole rings is 1. The molecule has 0 spiro atoms. The van der Waals surface area contributed by atoms with Crippen LogP contribution < -0.4 is 11.2 Å². The normalized spacial score (nSPS) is 10.9. The number of para-hydroxylation sites is 1. The number of benzene rings is 1. The van der Waals surface area contributed by atoms with Gasteiger partial charge in [-0.1, -0.05) is 17.2 Å². The van der Waals surface area contributed by atoms with E-state index < -0.39 is 10.8 Å². The fourth-order valence-corrected chi connectivity index (χ4v) is 2.07. The minimum atomic E-state index is -0.495. The lowest BCUT2D eigenvalue weighted by Gasteiger charge is -1.99. The molecule has 2 aromatic heterocycles. The number of hydrazone groups is 1. The van der Waals surface area contributed by atoms with Crippen molar-refractivity contribution in [1.29, 1.82) is 0 Å². The first kappa shape index (κ1) is 16.8. The second kappa shape index (κ2) is 7.21. The molecule has 1 amide bonds. The zero-order valence-corrected chi connectivity index (χ0v) is 13.1. The van der Waals surface area contributed by atoms with Gasteiger partial charge in [0.05, 0.1) is 16.7 Å². The predicted octanol–water partition coefficient (Wildman–Crippen LogP) is 0.574. The Morgan fingerprint density at radius 3 is 2.92 bits per heavy atom. The number of carbonyl (C=O) groups excluding carboxylic acids is 1. The fraction of sp³-hybridized carbons (Fsp3) is 0.0714. The van der Waals surface area contributed by atoms with Crippen LogP contribution in [-0.2, 0) is 11.3 Å². The van der Waals surface area contributed by atoms with E-state index in [1.807, 2.05) is 0 Å². The molecule has 0 bridgehead atoms. The maximum absolute atomic E-state index is 11.7. The molecule has 0 saturated carbocycles. The standard InChI is InChI=1S/C14H12N8O4/c15-14-18-19-20-21(14)8-13(23)17-16-7-9-5-6-12(26-9)10-3-1-2-4-11(10)22(24)25/h1-7H,8H2,(H,17,23)(H2,15,18,20)/b16-7+. The molecule has 0 aliphatic carbocycles. The summed E-state index contributed by atoms with van der Waals surface area (Å²) in [6, 6.07) is 9.35. The van der Waals surface area contributed by atoms with Crippen LogP contribution in [0.25, 0.3) is 11.3 Å². The van der Waals surface area contributed by atoms with Gasteiger partial charge in [-0.3, -0.25) is 14.9 Å². The molecular formula is C14H12N8O4. The third kappa shape index (κ3) is 3.69. The van der Waals surface area contributed by atoms with Crippen LogP contribution in [0.15, 0.2) is 45.9 Å². The highest BCUT2D eigenvalue weighted by atomic mass is 16.6. The lowest BCUT2D eigenvalue weighted by Crippen LogP contribution is -2.24. The van der Waals surface area contributed by atoms with Crippen molar-refractivity contribution in [2.75, 3.05) is 5.73 Å². The molecule has 0 aliphatic rings. The van der Waals surface area contributed by atoms with E-state index in [2.05, 4.69) is 26.1 Å². The number of nitrogens with zero attached hydrogens (tertiary/aromatic N) is 6. The van der Waals surface area contributed by atoms with Crippen LogP contribution in [-0.4, -0.2) is 37.3 Å². The van der Waals surface area contributed by atoms with Gasteiger partial charge in [0, 0.05) is 6.07 Å². The number of nitro benzene ring substituents is 1. The van der Waals surface area contributed by atoms with E-state index in [4.69, 9.17) is 10.2 Å². The van der Waals surface area contributed by atoms with Crippen LogP contribution in [0.2, 0.25) is 0 Å². The largest absolute Gasteiger partial charge is 0.455 e. The molecule has 1 aromatic carbocycles. The van der Waals surface area contributed by atoms with E-state index in [1.54, 1.807) is 30.3 Å². The van der Waals surface area contributed by atoms with Crippen molar-refractivity contribution in [2.24, 2.45) is 5.10 Å². The van der Waals surface area contributed by atoms with E-state index >= 15 is 0 Å². The van der Waals surface area contributed by atoms with E-state index in [-0.39, 0.29) is 18.2 Å². The molecule has 0 unspecified atom stereocenters. The van der Waals surface area contributed by atoms with Crippen molar-refractivity contribution in [3.63, 3.8) is 0 Å². The molecule has 132 valence electrons. The molecule has 2 heterocycles. The zero-order chi connectivity index (χ0) is 18.5. The van der Waals surface area contributed by atoms with Crippen LogP contribution in [0.5, 0.6) is 0 Å². The van der Waals surface area contributed by atoms with Crippen LogP contribution in [0.3, 0.4) is 0 Å². The summed E-state index contributed by atoms with van der Waals surface area (Å²) in [6.45, 7) is -0.199. The van der Waals surface area contributed by atoms with Crippen LogP contribution in [0, 0.1) is 10.1 Å². The van der Waals surface area contributed by atoms with Gasteiger partial charge < -0.3 is 10.2 Å². The Bertz CT molecular complexity index is 977. The first-order valence-electron chi connectivity index (χ1n) is 7.22. The van der Waals surface area contributed by atoms with E-state index in [1.165, 1.54) is 12.3 Å². The average Bonchev–Trinajstić information content (AvgIpc) is 3.24. The first-order valence-corrected chi connectivity index (χ1v) is 7.22. The highest BCUT2D eigenvalue weighted by molar-refractivity contribution is 5.81. The number of nitro groups is 1. The summed E-state index contributed by atoms with van der Waals surface area (Å²) in [7, 11) is 0. The summed E-state index contributed by atoms with van der Waals surface area (Å²) in [5.74, 6) is 0.127. The summed E-state index contributed by atoms with van der Waals surface area (Å²) in [4.78, 5) is 22.3. The maximum Gasteiger partial charge on any atom is 0.280 e. The van der Waals surface area contributed by atoms with Crippen molar-refractivity contribution >= 4 is 23.8 Å². The number of nitrogen functional groups attached to an aromatic ring is 1. The highest BCUT2D eigenvalue weighted by Gasteiger charge is 2.16. The van der Waals surface area contributed by atoms with E-state index in [0.29, 0.717) is 17.1 Å². The molecular weight excluding hydrogens is 344 g/mol. The molecule has 0 radical (unpaired) electrons. The molecule has 12 nitrogen and oxygen atoms in total. The van der Waals surface area contributed by atoms with Gasteiger partial charge in [-0.2, -0.15) is 5.10 Å². The number of amides is 1. The molecule has 3 N–H and O–H groups in total. The topological polar surface area (TPSA) is 167 Å². The highest BCUT2D eigenvalue weighted by Crippen LogP contribution is 2.30. The number of aromatic nitrogens is 4. The molecule has 3 rings (SSSR count). The molecule has 0 saturated heterocycles. The minimum absolute atomic E-state index is 0.00395. The Morgan fingerprint density at radius 1 is 1.38 bits per heavy atom. The molecule has 26 heavy (non-hydrogen) atoms. The number of rotatable bonds is 6. The smallest absolute Gasteiger partial charge is 0.280 e. The number of nitrogens with two attached hydrogens (primary N) is 1. The molecule has 12 heteroatoms. The third-order valence-electron chi connectivity index (χ3n) is 3.23. The maximum atomic E-state index is 11.7. The quantitative estimate of drug-likeness (QED) is 0.367. The van der Waals surface area contributed by atoms with Gasteiger partial charge in [-0.05, 0) is 28.6 Å². The van der Waals surface area contributed by atoms with Gasteiger partial charge in [0.15, 0.2) is 0 Å². The van der Waals surface area contributed by atoms with Gasteiger partial charge in [0.2, 0.25) is 5.95 Å². The van der Waals surface area contributed by atoms with Crippen molar-refractivity contribution in [2.45, 2.75) is 6.54 Å². The number of hydrogen-bond acceptors (Lipinski definition) is 9. The Balaban J connectivity index is 1.65. The second-order valence-electron chi connectivity index (χ2n) is 4.96. The number of nitrogens with one attached hydrogen (secondary N) is 1. The number of carbonyl (C=O) groups is 1. The average molecular weight is 356 g/mol. The van der Waals surface area contributed by atoms with Crippen molar-refractivity contribution in [3.05, 3.63) is 52.3 Å².